The molecule has 1 aliphatic rings. The Kier molecular flexibility index (Phi) is 4.81. The van der Waals surface area contributed by atoms with Crippen LogP contribution in [0.1, 0.15) is 28.9 Å². The molecule has 5 nitrogen and oxygen atoms in total. The maximum atomic E-state index is 12.4. The second-order valence-corrected chi connectivity index (χ2v) is 7.36. The van der Waals surface area contributed by atoms with E-state index in [9.17, 15) is 4.79 Å². The Bertz CT molecular complexity index is 850. The van der Waals surface area contributed by atoms with Crippen LogP contribution in [0.3, 0.4) is 0 Å². The molecule has 0 bridgehead atoms. The number of thiophene rings is 1. The summed E-state index contributed by atoms with van der Waals surface area (Å²) in [5.74, 6) is 0.543. The van der Waals surface area contributed by atoms with Crippen molar-refractivity contribution in [2.45, 2.75) is 25.8 Å². The summed E-state index contributed by atoms with van der Waals surface area (Å²) in [6.45, 7) is 4.16. The Hall–Kier alpha value is -2.18. The minimum atomic E-state index is -0.0930. The SMILES string of the molecule is O=C(Nc1nc2ccccc2n1CCN1CCCCC1)c1cccs1. The summed E-state index contributed by atoms with van der Waals surface area (Å²) in [5.41, 5.74) is 1.99. The molecule has 0 atom stereocenters. The number of amides is 1. The van der Waals surface area contributed by atoms with Crippen molar-refractivity contribution in [3.05, 3.63) is 46.7 Å². The molecule has 1 fully saturated rings. The second-order valence-electron chi connectivity index (χ2n) is 6.41. The van der Waals surface area contributed by atoms with E-state index in [1.165, 1.54) is 43.7 Å². The Morgan fingerprint density at radius 2 is 1.92 bits per heavy atom. The van der Waals surface area contributed by atoms with Gasteiger partial charge in [0, 0.05) is 13.1 Å². The molecule has 0 spiro atoms. The van der Waals surface area contributed by atoms with Gasteiger partial charge in [0.25, 0.3) is 5.91 Å². The third-order valence-corrected chi connectivity index (χ3v) is 5.58. The summed E-state index contributed by atoms with van der Waals surface area (Å²) in [6, 6.07) is 11.8. The lowest BCUT2D eigenvalue weighted by Gasteiger charge is -2.26. The Balaban J connectivity index is 1.57. The van der Waals surface area contributed by atoms with Gasteiger partial charge in [0.1, 0.15) is 0 Å². The van der Waals surface area contributed by atoms with Gasteiger partial charge in [-0.25, -0.2) is 4.98 Å². The van der Waals surface area contributed by atoms with E-state index in [-0.39, 0.29) is 5.91 Å². The van der Waals surface area contributed by atoms with Crippen LogP contribution in [0.2, 0.25) is 0 Å². The summed E-state index contributed by atoms with van der Waals surface area (Å²) in [4.78, 5) is 20.3. The van der Waals surface area contributed by atoms with Crippen LogP contribution < -0.4 is 5.32 Å². The molecule has 1 aromatic carbocycles. The van der Waals surface area contributed by atoms with Crippen LogP contribution in [-0.2, 0) is 6.54 Å². The summed E-state index contributed by atoms with van der Waals surface area (Å²) >= 11 is 1.44. The maximum Gasteiger partial charge on any atom is 0.268 e. The number of nitrogens with zero attached hydrogens (tertiary/aromatic N) is 3. The second kappa shape index (κ2) is 7.37. The molecule has 1 amide bonds. The van der Waals surface area contributed by atoms with Gasteiger partial charge < -0.3 is 9.47 Å². The molecule has 1 N–H and O–H groups in total. The first-order valence-electron chi connectivity index (χ1n) is 8.84. The molecule has 4 rings (SSSR count). The standard InChI is InChI=1S/C19H22N4OS/c24-18(17-9-6-14-25-17)21-19-20-15-7-2-3-8-16(15)23(19)13-12-22-10-4-1-5-11-22/h2-3,6-9,14H,1,4-5,10-13H2,(H,20,21,24). The first-order chi connectivity index (χ1) is 12.3. The average Bonchev–Trinajstić information content (AvgIpc) is 3.29. The highest BCUT2D eigenvalue weighted by Gasteiger charge is 2.16. The lowest BCUT2D eigenvalue weighted by molar-refractivity contribution is 0.102. The topological polar surface area (TPSA) is 50.2 Å². The average molecular weight is 354 g/mol. The first kappa shape index (κ1) is 16.3. The zero-order chi connectivity index (χ0) is 17.1. The van der Waals surface area contributed by atoms with E-state index in [1.54, 1.807) is 0 Å². The van der Waals surface area contributed by atoms with Crippen molar-refractivity contribution in [3.63, 3.8) is 0 Å². The quantitative estimate of drug-likeness (QED) is 0.757. The normalized spacial score (nSPS) is 15.5. The predicted octanol–water partition coefficient (Wildman–Crippen LogP) is 3.84. The Morgan fingerprint density at radius 3 is 2.72 bits per heavy atom. The van der Waals surface area contributed by atoms with Crippen molar-refractivity contribution in [3.8, 4) is 0 Å². The number of para-hydroxylation sites is 2. The monoisotopic (exact) mass is 354 g/mol. The number of benzene rings is 1. The maximum absolute atomic E-state index is 12.4. The molecule has 0 radical (unpaired) electrons. The van der Waals surface area contributed by atoms with Crippen LogP contribution in [0, 0.1) is 0 Å². The van der Waals surface area contributed by atoms with Crippen LogP contribution in [0.15, 0.2) is 41.8 Å². The number of rotatable bonds is 5. The Labute approximate surface area is 151 Å². The van der Waals surface area contributed by atoms with E-state index < -0.39 is 0 Å². The molecule has 0 saturated carbocycles. The summed E-state index contributed by atoms with van der Waals surface area (Å²) < 4.78 is 2.13. The number of hydrogen-bond acceptors (Lipinski definition) is 4. The van der Waals surface area contributed by atoms with Gasteiger partial charge in [0.15, 0.2) is 0 Å². The van der Waals surface area contributed by atoms with E-state index in [1.807, 2.05) is 35.7 Å². The van der Waals surface area contributed by atoms with Gasteiger partial charge in [-0.3, -0.25) is 10.1 Å². The van der Waals surface area contributed by atoms with Crippen LogP contribution in [0.4, 0.5) is 5.95 Å². The van der Waals surface area contributed by atoms with E-state index >= 15 is 0 Å². The molecule has 1 saturated heterocycles. The number of hydrogen-bond donors (Lipinski definition) is 1. The predicted molar refractivity (Wildman–Crippen MR) is 102 cm³/mol. The fourth-order valence-electron chi connectivity index (χ4n) is 3.39. The fraction of sp³-hybridized carbons (Fsp3) is 0.368. The van der Waals surface area contributed by atoms with E-state index in [2.05, 4.69) is 25.8 Å². The number of likely N-dealkylation sites (tertiary alicyclic amines) is 1. The molecule has 0 unspecified atom stereocenters. The summed E-state index contributed by atoms with van der Waals surface area (Å²) in [5, 5.41) is 4.91. The van der Waals surface area contributed by atoms with Gasteiger partial charge in [-0.05, 0) is 49.5 Å². The molecule has 1 aliphatic heterocycles. The fourth-order valence-corrected chi connectivity index (χ4v) is 4.01. The number of carbonyl (C=O) groups excluding carboxylic acids is 1. The van der Waals surface area contributed by atoms with Crippen molar-refractivity contribution in [2.24, 2.45) is 0 Å². The molecule has 130 valence electrons. The number of fused-ring (bicyclic) bond motifs is 1. The van der Waals surface area contributed by atoms with Gasteiger partial charge in [-0.1, -0.05) is 24.6 Å². The van der Waals surface area contributed by atoms with Gasteiger partial charge in [-0.15, -0.1) is 11.3 Å². The number of nitrogens with one attached hydrogen (secondary N) is 1. The van der Waals surface area contributed by atoms with Crippen molar-refractivity contribution < 1.29 is 4.79 Å². The zero-order valence-electron chi connectivity index (χ0n) is 14.1. The number of carbonyl (C=O) groups is 1. The van der Waals surface area contributed by atoms with E-state index in [4.69, 9.17) is 0 Å². The van der Waals surface area contributed by atoms with Crippen LogP contribution >= 0.6 is 11.3 Å². The van der Waals surface area contributed by atoms with Gasteiger partial charge in [0.2, 0.25) is 5.95 Å². The molecule has 25 heavy (non-hydrogen) atoms. The third kappa shape index (κ3) is 3.60. The minimum absolute atomic E-state index is 0.0930. The minimum Gasteiger partial charge on any atom is -0.309 e. The van der Waals surface area contributed by atoms with Gasteiger partial charge >= 0.3 is 0 Å². The number of anilines is 1. The van der Waals surface area contributed by atoms with Crippen LogP contribution in [0.25, 0.3) is 11.0 Å². The number of imidazole rings is 1. The molecule has 3 heterocycles. The highest BCUT2D eigenvalue weighted by molar-refractivity contribution is 7.12. The van der Waals surface area contributed by atoms with Crippen molar-refractivity contribution in [2.75, 3.05) is 25.0 Å². The molecule has 0 aliphatic carbocycles. The molecule has 6 heteroatoms. The van der Waals surface area contributed by atoms with Gasteiger partial charge in [-0.2, -0.15) is 0 Å². The van der Waals surface area contributed by atoms with E-state index in [0.29, 0.717) is 10.8 Å². The van der Waals surface area contributed by atoms with Crippen LogP contribution in [0.5, 0.6) is 0 Å². The zero-order valence-corrected chi connectivity index (χ0v) is 15.0. The van der Waals surface area contributed by atoms with Crippen molar-refractivity contribution in [1.82, 2.24) is 14.5 Å². The van der Waals surface area contributed by atoms with Gasteiger partial charge in [0.05, 0.1) is 15.9 Å². The number of piperidine rings is 1. The van der Waals surface area contributed by atoms with Crippen molar-refractivity contribution >= 4 is 34.2 Å². The summed E-state index contributed by atoms with van der Waals surface area (Å²) in [6.07, 6.45) is 3.91. The molecule has 2 aromatic heterocycles. The smallest absolute Gasteiger partial charge is 0.268 e. The molecule has 3 aromatic rings. The van der Waals surface area contributed by atoms with Crippen molar-refractivity contribution in [1.29, 1.82) is 0 Å². The lowest BCUT2D eigenvalue weighted by atomic mass is 10.1. The number of aromatic nitrogens is 2. The van der Waals surface area contributed by atoms with E-state index in [0.717, 1.165) is 24.1 Å². The Morgan fingerprint density at radius 1 is 1.08 bits per heavy atom. The lowest BCUT2D eigenvalue weighted by Crippen LogP contribution is -2.32. The molecular weight excluding hydrogens is 332 g/mol. The van der Waals surface area contributed by atoms with Crippen LogP contribution in [-0.4, -0.2) is 40.0 Å². The highest BCUT2D eigenvalue weighted by Crippen LogP contribution is 2.21. The third-order valence-electron chi connectivity index (χ3n) is 4.71. The molecular formula is C19H22N4OS. The first-order valence-corrected chi connectivity index (χ1v) is 9.72. The largest absolute Gasteiger partial charge is 0.309 e. The summed E-state index contributed by atoms with van der Waals surface area (Å²) in [7, 11) is 0. The highest BCUT2D eigenvalue weighted by atomic mass is 32.1.